The van der Waals surface area contributed by atoms with Crippen molar-refractivity contribution in [3.8, 4) is 0 Å². The highest BCUT2D eigenvalue weighted by Gasteiger charge is 2.17. The Morgan fingerprint density at radius 3 is 2.90 bits per heavy atom. The average Bonchev–Trinajstić information content (AvgIpc) is 2.87. The molecule has 2 heterocycles. The van der Waals surface area contributed by atoms with E-state index < -0.39 is 6.09 Å². The molecular weight excluding hydrogens is 264 g/mol. The first-order valence-electron chi connectivity index (χ1n) is 6.51. The number of hydrogen-bond donors (Lipinski definition) is 2. The number of carbonyl (C=O) groups excluding carboxylic acids is 2. The highest BCUT2D eigenvalue weighted by molar-refractivity contribution is 5.83. The van der Waals surface area contributed by atoms with Crippen LogP contribution in [0.15, 0.2) is 6.20 Å². The van der Waals surface area contributed by atoms with Crippen molar-refractivity contribution in [2.24, 2.45) is 0 Å². The van der Waals surface area contributed by atoms with E-state index in [1.54, 1.807) is 11.8 Å². The molecule has 9 heteroatoms. The van der Waals surface area contributed by atoms with Gasteiger partial charge in [0.2, 0.25) is 5.91 Å². The van der Waals surface area contributed by atoms with Crippen molar-refractivity contribution in [1.82, 2.24) is 25.2 Å². The Balaban J connectivity index is 1.85. The molecule has 20 heavy (non-hydrogen) atoms. The standard InChI is InChI=1S/C11H18N6O3/c1-2-20-11(19)13-9-7-17(15-14-9)8-10(18)16-5-3-12-4-6-16/h7,12H,2-6,8H2,1H3,(H,13,19). The van der Waals surface area contributed by atoms with Crippen molar-refractivity contribution in [2.75, 3.05) is 38.1 Å². The monoisotopic (exact) mass is 282 g/mol. The van der Waals surface area contributed by atoms with Crippen LogP contribution < -0.4 is 10.6 Å². The highest BCUT2D eigenvalue weighted by atomic mass is 16.5. The minimum atomic E-state index is -0.590. The van der Waals surface area contributed by atoms with Gasteiger partial charge in [-0.3, -0.25) is 10.1 Å². The molecule has 1 aromatic heterocycles. The molecule has 0 aliphatic carbocycles. The lowest BCUT2D eigenvalue weighted by atomic mass is 10.3. The summed E-state index contributed by atoms with van der Waals surface area (Å²) in [6.45, 7) is 5.10. The molecule has 1 aromatic rings. The number of anilines is 1. The topological polar surface area (TPSA) is 101 Å². The minimum absolute atomic E-state index is 0.0147. The number of aromatic nitrogens is 3. The molecule has 0 atom stereocenters. The molecule has 1 aliphatic rings. The van der Waals surface area contributed by atoms with Crippen LogP contribution in [-0.2, 0) is 16.1 Å². The molecule has 9 nitrogen and oxygen atoms in total. The predicted octanol–water partition coefficient (Wildman–Crippen LogP) is -0.722. The zero-order valence-corrected chi connectivity index (χ0v) is 11.3. The van der Waals surface area contributed by atoms with E-state index in [1.807, 2.05) is 0 Å². The van der Waals surface area contributed by atoms with Crippen molar-refractivity contribution in [3.05, 3.63) is 6.20 Å². The van der Waals surface area contributed by atoms with E-state index in [0.29, 0.717) is 13.1 Å². The first kappa shape index (κ1) is 14.3. The molecule has 0 spiro atoms. The van der Waals surface area contributed by atoms with Gasteiger partial charge in [-0.2, -0.15) is 0 Å². The van der Waals surface area contributed by atoms with Gasteiger partial charge in [-0.05, 0) is 6.92 Å². The molecule has 0 radical (unpaired) electrons. The maximum atomic E-state index is 12.0. The molecule has 0 bridgehead atoms. The van der Waals surface area contributed by atoms with Gasteiger partial charge in [-0.15, -0.1) is 5.10 Å². The molecule has 2 amide bonds. The number of hydrogen-bond acceptors (Lipinski definition) is 6. The summed E-state index contributed by atoms with van der Waals surface area (Å²) in [6.07, 6.45) is 0.907. The molecule has 2 rings (SSSR count). The molecule has 0 saturated carbocycles. The van der Waals surface area contributed by atoms with E-state index in [1.165, 1.54) is 10.9 Å². The Labute approximate surface area is 116 Å². The summed E-state index contributed by atoms with van der Waals surface area (Å²) >= 11 is 0. The number of nitrogens with zero attached hydrogens (tertiary/aromatic N) is 4. The minimum Gasteiger partial charge on any atom is -0.450 e. The summed E-state index contributed by atoms with van der Waals surface area (Å²) in [7, 11) is 0. The lowest BCUT2D eigenvalue weighted by Crippen LogP contribution is -2.47. The Hall–Kier alpha value is -2.16. The lowest BCUT2D eigenvalue weighted by Gasteiger charge is -2.27. The predicted molar refractivity (Wildman–Crippen MR) is 70.1 cm³/mol. The summed E-state index contributed by atoms with van der Waals surface area (Å²) in [5.41, 5.74) is 0. The van der Waals surface area contributed by atoms with Crippen LogP contribution in [0.25, 0.3) is 0 Å². The fourth-order valence-electron chi connectivity index (χ4n) is 1.86. The molecule has 110 valence electrons. The number of amides is 2. The second-order valence-corrected chi connectivity index (χ2v) is 4.28. The van der Waals surface area contributed by atoms with Crippen LogP contribution in [0.2, 0.25) is 0 Å². The van der Waals surface area contributed by atoms with Crippen molar-refractivity contribution in [2.45, 2.75) is 13.5 Å². The SMILES string of the molecule is CCOC(=O)Nc1cn(CC(=O)N2CCNCC2)nn1. The van der Waals surface area contributed by atoms with Crippen LogP contribution in [-0.4, -0.2) is 64.7 Å². The van der Waals surface area contributed by atoms with Gasteiger partial charge in [-0.25, -0.2) is 9.48 Å². The average molecular weight is 282 g/mol. The number of nitrogens with one attached hydrogen (secondary N) is 2. The van der Waals surface area contributed by atoms with Crippen molar-refractivity contribution >= 4 is 17.8 Å². The summed E-state index contributed by atoms with van der Waals surface area (Å²) in [6, 6.07) is 0. The first-order valence-corrected chi connectivity index (χ1v) is 6.51. The fraction of sp³-hybridized carbons (Fsp3) is 0.636. The van der Waals surface area contributed by atoms with Crippen molar-refractivity contribution < 1.29 is 14.3 Å². The van der Waals surface area contributed by atoms with Crippen LogP contribution in [0.5, 0.6) is 0 Å². The van der Waals surface area contributed by atoms with Gasteiger partial charge in [0.05, 0.1) is 12.8 Å². The normalized spacial score (nSPS) is 14.9. The second kappa shape index (κ2) is 6.85. The first-order chi connectivity index (χ1) is 9.69. The molecule has 1 saturated heterocycles. The second-order valence-electron chi connectivity index (χ2n) is 4.28. The third-order valence-electron chi connectivity index (χ3n) is 2.81. The molecule has 1 fully saturated rings. The Morgan fingerprint density at radius 2 is 2.20 bits per heavy atom. The Bertz CT molecular complexity index is 468. The largest absolute Gasteiger partial charge is 0.450 e. The maximum Gasteiger partial charge on any atom is 0.412 e. The molecule has 0 unspecified atom stereocenters. The lowest BCUT2D eigenvalue weighted by molar-refractivity contribution is -0.132. The van der Waals surface area contributed by atoms with Crippen LogP contribution in [0.4, 0.5) is 10.6 Å². The highest BCUT2D eigenvalue weighted by Crippen LogP contribution is 2.02. The van der Waals surface area contributed by atoms with Crippen molar-refractivity contribution in [3.63, 3.8) is 0 Å². The maximum absolute atomic E-state index is 12.0. The van der Waals surface area contributed by atoms with Crippen molar-refractivity contribution in [1.29, 1.82) is 0 Å². The van der Waals surface area contributed by atoms with Crippen LogP contribution in [0, 0.1) is 0 Å². The third kappa shape index (κ3) is 3.92. The van der Waals surface area contributed by atoms with E-state index in [2.05, 4.69) is 20.9 Å². The number of ether oxygens (including phenoxy) is 1. The number of rotatable bonds is 4. The zero-order valence-electron chi connectivity index (χ0n) is 11.3. The van der Waals surface area contributed by atoms with E-state index in [-0.39, 0.29) is 24.9 Å². The molecule has 2 N–H and O–H groups in total. The molecule has 0 aromatic carbocycles. The Kier molecular flexibility index (Phi) is 4.88. The van der Waals surface area contributed by atoms with E-state index in [4.69, 9.17) is 4.74 Å². The number of carbonyl (C=O) groups is 2. The summed E-state index contributed by atoms with van der Waals surface area (Å²) in [5.74, 6) is 0.246. The van der Waals surface area contributed by atoms with Gasteiger partial charge in [0.25, 0.3) is 0 Å². The van der Waals surface area contributed by atoms with Crippen LogP contribution in [0.3, 0.4) is 0 Å². The summed E-state index contributed by atoms with van der Waals surface area (Å²) in [4.78, 5) is 25.0. The zero-order chi connectivity index (χ0) is 14.4. The van der Waals surface area contributed by atoms with Crippen LogP contribution >= 0.6 is 0 Å². The number of piperazine rings is 1. The molecular formula is C11H18N6O3. The van der Waals surface area contributed by atoms with Gasteiger partial charge in [0.1, 0.15) is 6.54 Å². The fourth-order valence-corrected chi connectivity index (χ4v) is 1.86. The quantitative estimate of drug-likeness (QED) is 0.755. The van der Waals surface area contributed by atoms with Crippen LogP contribution in [0.1, 0.15) is 6.92 Å². The summed E-state index contributed by atoms with van der Waals surface area (Å²) < 4.78 is 6.12. The third-order valence-corrected chi connectivity index (χ3v) is 2.81. The van der Waals surface area contributed by atoms with Gasteiger partial charge < -0.3 is 15.0 Å². The van der Waals surface area contributed by atoms with E-state index >= 15 is 0 Å². The van der Waals surface area contributed by atoms with Gasteiger partial charge in [0, 0.05) is 26.2 Å². The molecule has 1 aliphatic heterocycles. The van der Waals surface area contributed by atoms with E-state index in [0.717, 1.165) is 13.1 Å². The summed E-state index contributed by atoms with van der Waals surface area (Å²) in [5, 5.41) is 13.2. The van der Waals surface area contributed by atoms with E-state index in [9.17, 15) is 9.59 Å². The van der Waals surface area contributed by atoms with Gasteiger partial charge in [0.15, 0.2) is 5.82 Å². The van der Waals surface area contributed by atoms with Gasteiger partial charge in [-0.1, -0.05) is 5.21 Å². The van der Waals surface area contributed by atoms with Gasteiger partial charge >= 0.3 is 6.09 Å². The Morgan fingerprint density at radius 1 is 1.45 bits per heavy atom. The smallest absolute Gasteiger partial charge is 0.412 e.